The van der Waals surface area contributed by atoms with Crippen molar-refractivity contribution in [1.29, 1.82) is 0 Å². The summed E-state index contributed by atoms with van der Waals surface area (Å²) in [6.07, 6.45) is 1.99. The molecule has 4 nitrogen and oxygen atoms in total. The van der Waals surface area contributed by atoms with Crippen molar-refractivity contribution in [2.24, 2.45) is 5.73 Å². The molecule has 1 aromatic carbocycles. The van der Waals surface area contributed by atoms with Crippen LogP contribution in [-0.2, 0) is 11.2 Å². The molecule has 1 aromatic rings. The van der Waals surface area contributed by atoms with E-state index in [-0.39, 0.29) is 18.6 Å². The number of hydrogen-bond donors (Lipinski definition) is 1. The van der Waals surface area contributed by atoms with Crippen molar-refractivity contribution in [1.82, 2.24) is 4.90 Å². The summed E-state index contributed by atoms with van der Waals surface area (Å²) in [7, 11) is 0. The second-order valence-electron chi connectivity index (χ2n) is 4.86. The summed E-state index contributed by atoms with van der Waals surface area (Å²) in [5, 5.41) is 0. The van der Waals surface area contributed by atoms with Crippen LogP contribution in [0.25, 0.3) is 0 Å². The Morgan fingerprint density at radius 3 is 2.84 bits per heavy atom. The van der Waals surface area contributed by atoms with Crippen molar-refractivity contribution in [3.63, 3.8) is 0 Å². The van der Waals surface area contributed by atoms with E-state index in [0.717, 1.165) is 31.7 Å². The predicted molar refractivity (Wildman–Crippen MR) is 75.1 cm³/mol. The van der Waals surface area contributed by atoms with Crippen LogP contribution in [0.1, 0.15) is 37.4 Å². The Balaban J connectivity index is 1.96. The first-order valence-corrected chi connectivity index (χ1v) is 6.94. The predicted octanol–water partition coefficient (Wildman–Crippen LogP) is 1.88. The maximum Gasteiger partial charge on any atom is 0.260 e. The van der Waals surface area contributed by atoms with Crippen molar-refractivity contribution >= 4 is 5.91 Å². The van der Waals surface area contributed by atoms with E-state index < -0.39 is 0 Å². The zero-order valence-electron chi connectivity index (χ0n) is 11.7. The second kappa shape index (κ2) is 6.06. The number of carbonyl (C=O) groups excluding carboxylic acids is 1. The molecule has 104 valence electrons. The van der Waals surface area contributed by atoms with Crippen LogP contribution in [0.5, 0.6) is 5.75 Å². The highest BCUT2D eigenvalue weighted by atomic mass is 16.5. The number of ether oxygens (including phenoxy) is 1. The number of fused-ring (bicyclic) bond motifs is 1. The molecule has 2 rings (SSSR count). The average Bonchev–Trinajstić information content (AvgIpc) is 2.79. The quantitative estimate of drug-likeness (QED) is 0.881. The van der Waals surface area contributed by atoms with Crippen molar-refractivity contribution in [2.75, 3.05) is 19.7 Å². The number of nitrogens with zero attached hydrogens (tertiary/aromatic N) is 1. The summed E-state index contributed by atoms with van der Waals surface area (Å²) in [6.45, 7) is 5.48. The molecule has 4 heteroatoms. The Morgan fingerprint density at radius 2 is 2.16 bits per heavy atom. The number of carbonyl (C=O) groups is 1. The van der Waals surface area contributed by atoms with Gasteiger partial charge in [0.2, 0.25) is 0 Å². The lowest BCUT2D eigenvalue weighted by atomic mass is 10.1. The summed E-state index contributed by atoms with van der Waals surface area (Å²) in [5.74, 6) is 0.788. The van der Waals surface area contributed by atoms with Crippen molar-refractivity contribution in [3.05, 3.63) is 29.3 Å². The lowest BCUT2D eigenvalue weighted by Gasteiger charge is -2.18. The number of aryl methyl sites for hydroxylation is 1. The highest BCUT2D eigenvalue weighted by molar-refractivity contribution is 5.77. The normalized spacial score (nSPS) is 17.1. The molecule has 0 heterocycles. The maximum absolute atomic E-state index is 11.8. The molecule has 0 spiro atoms. The first kappa shape index (κ1) is 13.9. The zero-order chi connectivity index (χ0) is 13.8. The fraction of sp³-hybridized carbons (Fsp3) is 0.533. The van der Waals surface area contributed by atoms with Gasteiger partial charge in [0.05, 0.1) is 0 Å². The van der Waals surface area contributed by atoms with E-state index in [2.05, 4.69) is 0 Å². The van der Waals surface area contributed by atoms with E-state index in [4.69, 9.17) is 10.5 Å². The van der Waals surface area contributed by atoms with Crippen LogP contribution in [0.2, 0.25) is 0 Å². The molecule has 0 fully saturated rings. The molecule has 1 aliphatic rings. The molecule has 1 amide bonds. The smallest absolute Gasteiger partial charge is 0.260 e. The van der Waals surface area contributed by atoms with E-state index in [1.54, 1.807) is 4.90 Å². The van der Waals surface area contributed by atoms with Gasteiger partial charge < -0.3 is 15.4 Å². The highest BCUT2D eigenvalue weighted by Gasteiger charge is 2.19. The standard InChI is InChI=1S/C15H22N2O2/c1-3-17(4-2)15(18)10-19-12-6-7-13-11(9-12)5-8-14(13)16/h6-7,9,14H,3-5,8,10,16H2,1-2H3. The summed E-state index contributed by atoms with van der Waals surface area (Å²) >= 11 is 0. The Hall–Kier alpha value is -1.55. The number of hydrogen-bond acceptors (Lipinski definition) is 3. The van der Waals surface area contributed by atoms with Crippen LogP contribution in [0.15, 0.2) is 18.2 Å². The second-order valence-corrected chi connectivity index (χ2v) is 4.86. The molecular formula is C15H22N2O2. The van der Waals surface area contributed by atoms with Gasteiger partial charge in [0.15, 0.2) is 6.61 Å². The minimum Gasteiger partial charge on any atom is -0.484 e. The van der Waals surface area contributed by atoms with E-state index >= 15 is 0 Å². The van der Waals surface area contributed by atoms with Gasteiger partial charge in [0, 0.05) is 19.1 Å². The van der Waals surface area contributed by atoms with Gasteiger partial charge in [-0.15, -0.1) is 0 Å². The van der Waals surface area contributed by atoms with Gasteiger partial charge in [-0.05, 0) is 49.9 Å². The molecule has 0 aromatic heterocycles. The largest absolute Gasteiger partial charge is 0.484 e. The summed E-state index contributed by atoms with van der Waals surface area (Å²) in [5.41, 5.74) is 8.45. The average molecular weight is 262 g/mol. The van der Waals surface area contributed by atoms with Crippen LogP contribution >= 0.6 is 0 Å². The first-order chi connectivity index (χ1) is 9.15. The number of benzene rings is 1. The lowest BCUT2D eigenvalue weighted by molar-refractivity contribution is -0.132. The highest BCUT2D eigenvalue weighted by Crippen LogP contribution is 2.31. The lowest BCUT2D eigenvalue weighted by Crippen LogP contribution is -2.34. The number of amides is 1. The van der Waals surface area contributed by atoms with Crippen LogP contribution in [0.4, 0.5) is 0 Å². The summed E-state index contributed by atoms with van der Waals surface area (Å²) in [6, 6.07) is 6.09. The van der Waals surface area contributed by atoms with E-state index in [1.165, 1.54) is 11.1 Å². The number of nitrogens with two attached hydrogens (primary N) is 1. The van der Waals surface area contributed by atoms with Gasteiger partial charge in [-0.3, -0.25) is 4.79 Å². The van der Waals surface area contributed by atoms with Crippen LogP contribution in [0.3, 0.4) is 0 Å². The van der Waals surface area contributed by atoms with Gasteiger partial charge in [-0.1, -0.05) is 6.07 Å². The minimum atomic E-state index is 0.0298. The van der Waals surface area contributed by atoms with Crippen LogP contribution < -0.4 is 10.5 Å². The maximum atomic E-state index is 11.8. The van der Waals surface area contributed by atoms with Gasteiger partial charge in [0.1, 0.15) is 5.75 Å². The molecule has 0 aliphatic heterocycles. The molecule has 0 saturated carbocycles. The van der Waals surface area contributed by atoms with Gasteiger partial charge in [0.25, 0.3) is 5.91 Å². The van der Waals surface area contributed by atoms with Gasteiger partial charge in [-0.25, -0.2) is 0 Å². The van der Waals surface area contributed by atoms with E-state index in [0.29, 0.717) is 0 Å². The van der Waals surface area contributed by atoms with Gasteiger partial charge >= 0.3 is 0 Å². The van der Waals surface area contributed by atoms with E-state index in [9.17, 15) is 4.79 Å². The monoisotopic (exact) mass is 262 g/mol. The Kier molecular flexibility index (Phi) is 4.43. The third-order valence-corrected chi connectivity index (χ3v) is 3.72. The number of likely N-dealkylation sites (N-methyl/N-ethyl adjacent to an activating group) is 1. The van der Waals surface area contributed by atoms with Crippen molar-refractivity contribution in [3.8, 4) is 5.75 Å². The molecule has 0 saturated heterocycles. The Bertz CT molecular complexity index is 455. The Morgan fingerprint density at radius 1 is 1.42 bits per heavy atom. The fourth-order valence-electron chi connectivity index (χ4n) is 2.53. The molecule has 1 aliphatic carbocycles. The molecule has 0 bridgehead atoms. The van der Waals surface area contributed by atoms with Gasteiger partial charge in [-0.2, -0.15) is 0 Å². The molecular weight excluding hydrogens is 240 g/mol. The molecule has 1 atom stereocenters. The SMILES string of the molecule is CCN(CC)C(=O)COc1ccc2c(c1)CCC2N. The van der Waals surface area contributed by atoms with E-state index in [1.807, 2.05) is 32.0 Å². The third-order valence-electron chi connectivity index (χ3n) is 3.72. The third kappa shape index (κ3) is 3.07. The summed E-state index contributed by atoms with van der Waals surface area (Å²) in [4.78, 5) is 13.6. The van der Waals surface area contributed by atoms with Crippen molar-refractivity contribution in [2.45, 2.75) is 32.7 Å². The zero-order valence-corrected chi connectivity index (χ0v) is 11.7. The fourth-order valence-corrected chi connectivity index (χ4v) is 2.53. The minimum absolute atomic E-state index is 0.0298. The van der Waals surface area contributed by atoms with Crippen molar-refractivity contribution < 1.29 is 9.53 Å². The number of rotatable bonds is 5. The molecule has 19 heavy (non-hydrogen) atoms. The molecule has 0 radical (unpaired) electrons. The first-order valence-electron chi connectivity index (χ1n) is 6.94. The molecule has 2 N–H and O–H groups in total. The Labute approximate surface area is 114 Å². The summed E-state index contributed by atoms with van der Waals surface area (Å²) < 4.78 is 5.58. The van der Waals surface area contributed by atoms with Crippen LogP contribution in [-0.4, -0.2) is 30.5 Å². The molecule has 1 unspecified atom stereocenters. The van der Waals surface area contributed by atoms with Crippen LogP contribution in [0, 0.1) is 0 Å². The topological polar surface area (TPSA) is 55.6 Å².